The monoisotopic (exact) mass is 223 g/mol. The maximum atomic E-state index is 5.31. The van der Waals surface area contributed by atoms with Gasteiger partial charge in [-0.15, -0.1) is 0 Å². The third-order valence-corrected chi connectivity index (χ3v) is 2.39. The highest BCUT2D eigenvalue weighted by atomic mass is 16.7. The van der Waals surface area contributed by atoms with Crippen molar-refractivity contribution in [2.75, 3.05) is 26.6 Å². The Morgan fingerprint density at radius 3 is 3.06 bits per heavy atom. The van der Waals surface area contributed by atoms with Crippen LogP contribution in [-0.4, -0.2) is 26.6 Å². The molecule has 1 heterocycles. The van der Waals surface area contributed by atoms with Gasteiger partial charge in [-0.25, -0.2) is 0 Å². The van der Waals surface area contributed by atoms with E-state index in [1.54, 1.807) is 0 Å². The van der Waals surface area contributed by atoms with Crippen LogP contribution in [0.4, 0.5) is 0 Å². The predicted octanol–water partition coefficient (Wildman–Crippen LogP) is 1.54. The molecule has 0 aliphatic carbocycles. The van der Waals surface area contributed by atoms with Crippen LogP contribution in [0.1, 0.15) is 12.5 Å². The SMILES string of the molecule is CCOCCNCc1ccc2c(c1)OCO2. The normalized spacial score (nSPS) is 13.1. The Labute approximate surface area is 95.5 Å². The number of nitrogens with one attached hydrogen (secondary N) is 1. The van der Waals surface area contributed by atoms with Gasteiger partial charge in [-0.3, -0.25) is 0 Å². The minimum atomic E-state index is 0.330. The molecule has 0 spiro atoms. The number of ether oxygens (including phenoxy) is 3. The van der Waals surface area contributed by atoms with Crippen LogP contribution in [0.2, 0.25) is 0 Å². The summed E-state index contributed by atoms with van der Waals surface area (Å²) in [6, 6.07) is 6.00. The summed E-state index contributed by atoms with van der Waals surface area (Å²) in [6.45, 7) is 5.53. The summed E-state index contributed by atoms with van der Waals surface area (Å²) in [4.78, 5) is 0. The molecule has 4 nitrogen and oxygen atoms in total. The molecule has 0 atom stereocenters. The molecule has 1 aromatic carbocycles. The summed E-state index contributed by atoms with van der Waals surface area (Å²) in [7, 11) is 0. The lowest BCUT2D eigenvalue weighted by molar-refractivity contribution is 0.149. The highest BCUT2D eigenvalue weighted by Crippen LogP contribution is 2.32. The molecule has 0 fully saturated rings. The summed E-state index contributed by atoms with van der Waals surface area (Å²) in [6.07, 6.45) is 0. The van der Waals surface area contributed by atoms with Crippen molar-refractivity contribution in [2.45, 2.75) is 13.5 Å². The van der Waals surface area contributed by atoms with Gasteiger partial charge in [-0.1, -0.05) is 6.07 Å². The molecular weight excluding hydrogens is 206 g/mol. The summed E-state index contributed by atoms with van der Waals surface area (Å²) in [5, 5.41) is 3.31. The first kappa shape index (κ1) is 11.2. The van der Waals surface area contributed by atoms with Gasteiger partial charge in [0.1, 0.15) is 0 Å². The Morgan fingerprint density at radius 1 is 1.31 bits per heavy atom. The Balaban J connectivity index is 1.77. The first-order chi connectivity index (χ1) is 7.90. The summed E-state index contributed by atoms with van der Waals surface area (Å²) in [5.41, 5.74) is 1.20. The predicted molar refractivity (Wildman–Crippen MR) is 60.8 cm³/mol. The molecule has 4 heteroatoms. The number of rotatable bonds is 6. The van der Waals surface area contributed by atoms with Crippen molar-refractivity contribution in [1.82, 2.24) is 5.32 Å². The van der Waals surface area contributed by atoms with Gasteiger partial charge < -0.3 is 19.5 Å². The molecule has 0 radical (unpaired) electrons. The third-order valence-electron chi connectivity index (χ3n) is 2.39. The van der Waals surface area contributed by atoms with Gasteiger partial charge in [0.15, 0.2) is 11.5 Å². The fourth-order valence-corrected chi connectivity index (χ4v) is 1.57. The largest absolute Gasteiger partial charge is 0.454 e. The van der Waals surface area contributed by atoms with Crippen LogP contribution in [-0.2, 0) is 11.3 Å². The molecule has 0 unspecified atom stereocenters. The fourth-order valence-electron chi connectivity index (χ4n) is 1.57. The molecular formula is C12H17NO3. The molecule has 0 bridgehead atoms. The molecule has 1 aliphatic heterocycles. The second-order valence-corrected chi connectivity index (χ2v) is 3.56. The minimum Gasteiger partial charge on any atom is -0.454 e. The van der Waals surface area contributed by atoms with Crippen molar-refractivity contribution in [3.05, 3.63) is 23.8 Å². The van der Waals surface area contributed by atoms with E-state index in [4.69, 9.17) is 14.2 Å². The molecule has 1 aliphatic rings. The van der Waals surface area contributed by atoms with Crippen LogP contribution in [0.3, 0.4) is 0 Å². The van der Waals surface area contributed by atoms with Crippen molar-refractivity contribution in [3.8, 4) is 11.5 Å². The molecule has 88 valence electrons. The maximum absolute atomic E-state index is 5.31. The van der Waals surface area contributed by atoms with Gasteiger partial charge in [0, 0.05) is 19.7 Å². The van der Waals surface area contributed by atoms with Crippen LogP contribution in [0.15, 0.2) is 18.2 Å². The second-order valence-electron chi connectivity index (χ2n) is 3.56. The lowest BCUT2D eigenvalue weighted by Gasteiger charge is -2.05. The van der Waals surface area contributed by atoms with E-state index in [-0.39, 0.29) is 0 Å². The van der Waals surface area contributed by atoms with Crippen molar-refractivity contribution >= 4 is 0 Å². The quantitative estimate of drug-likeness (QED) is 0.743. The average molecular weight is 223 g/mol. The summed E-state index contributed by atoms with van der Waals surface area (Å²) < 4.78 is 15.8. The van der Waals surface area contributed by atoms with Gasteiger partial charge >= 0.3 is 0 Å². The maximum Gasteiger partial charge on any atom is 0.231 e. The van der Waals surface area contributed by atoms with E-state index >= 15 is 0 Å². The molecule has 0 saturated carbocycles. The van der Waals surface area contributed by atoms with Gasteiger partial charge in [0.25, 0.3) is 0 Å². The van der Waals surface area contributed by atoms with Gasteiger partial charge in [0.2, 0.25) is 6.79 Å². The molecule has 0 amide bonds. The van der Waals surface area contributed by atoms with E-state index < -0.39 is 0 Å². The zero-order valence-corrected chi connectivity index (χ0v) is 9.49. The average Bonchev–Trinajstić information content (AvgIpc) is 2.76. The van der Waals surface area contributed by atoms with Gasteiger partial charge in [-0.2, -0.15) is 0 Å². The van der Waals surface area contributed by atoms with E-state index in [9.17, 15) is 0 Å². The van der Waals surface area contributed by atoms with Crippen molar-refractivity contribution in [2.24, 2.45) is 0 Å². The minimum absolute atomic E-state index is 0.330. The van der Waals surface area contributed by atoms with Crippen LogP contribution in [0.5, 0.6) is 11.5 Å². The molecule has 1 aromatic rings. The first-order valence-corrected chi connectivity index (χ1v) is 5.57. The Hall–Kier alpha value is -1.26. The zero-order chi connectivity index (χ0) is 11.2. The van der Waals surface area contributed by atoms with Crippen molar-refractivity contribution in [1.29, 1.82) is 0 Å². The van der Waals surface area contributed by atoms with E-state index in [2.05, 4.69) is 5.32 Å². The Kier molecular flexibility index (Phi) is 4.02. The lowest BCUT2D eigenvalue weighted by atomic mass is 10.2. The summed E-state index contributed by atoms with van der Waals surface area (Å²) in [5.74, 6) is 1.67. The molecule has 0 aromatic heterocycles. The molecule has 16 heavy (non-hydrogen) atoms. The third kappa shape index (κ3) is 2.87. The topological polar surface area (TPSA) is 39.7 Å². The standard InChI is InChI=1S/C12H17NO3/c1-2-14-6-5-13-8-10-3-4-11-12(7-10)16-9-15-11/h3-4,7,13H,2,5-6,8-9H2,1H3. The zero-order valence-electron chi connectivity index (χ0n) is 9.49. The first-order valence-electron chi connectivity index (χ1n) is 5.57. The molecule has 2 rings (SSSR count). The van der Waals surface area contributed by atoms with E-state index in [1.807, 2.05) is 25.1 Å². The number of benzene rings is 1. The number of fused-ring (bicyclic) bond motifs is 1. The molecule has 0 saturated heterocycles. The second kappa shape index (κ2) is 5.72. The van der Waals surface area contributed by atoms with Crippen LogP contribution in [0.25, 0.3) is 0 Å². The van der Waals surface area contributed by atoms with E-state index in [0.29, 0.717) is 6.79 Å². The van der Waals surface area contributed by atoms with Crippen molar-refractivity contribution < 1.29 is 14.2 Å². The Bertz CT molecular complexity index is 341. The van der Waals surface area contributed by atoms with Gasteiger partial charge in [-0.05, 0) is 24.6 Å². The Morgan fingerprint density at radius 2 is 2.19 bits per heavy atom. The van der Waals surface area contributed by atoms with E-state index in [1.165, 1.54) is 5.56 Å². The van der Waals surface area contributed by atoms with E-state index in [0.717, 1.165) is 37.8 Å². The number of hydrogen-bond acceptors (Lipinski definition) is 4. The smallest absolute Gasteiger partial charge is 0.231 e. The van der Waals surface area contributed by atoms with Crippen LogP contribution >= 0.6 is 0 Å². The number of hydrogen-bond donors (Lipinski definition) is 1. The highest BCUT2D eigenvalue weighted by Gasteiger charge is 2.12. The molecule has 1 N–H and O–H groups in total. The summed E-state index contributed by atoms with van der Waals surface area (Å²) >= 11 is 0. The van der Waals surface area contributed by atoms with Crippen LogP contribution < -0.4 is 14.8 Å². The van der Waals surface area contributed by atoms with Crippen LogP contribution in [0, 0.1) is 0 Å². The van der Waals surface area contributed by atoms with Crippen molar-refractivity contribution in [3.63, 3.8) is 0 Å². The lowest BCUT2D eigenvalue weighted by Crippen LogP contribution is -2.19. The fraction of sp³-hybridized carbons (Fsp3) is 0.500. The van der Waals surface area contributed by atoms with Gasteiger partial charge in [0.05, 0.1) is 6.61 Å². The highest BCUT2D eigenvalue weighted by molar-refractivity contribution is 5.44.